The highest BCUT2D eigenvalue weighted by atomic mass is 19.1. The average Bonchev–Trinajstić information content (AvgIpc) is 3.22. The molecular formula is C25H27FN6O. The van der Waals surface area contributed by atoms with E-state index in [0.717, 1.165) is 71.9 Å². The number of aryl methyl sites for hydroxylation is 1. The van der Waals surface area contributed by atoms with Crippen LogP contribution in [0.25, 0.3) is 11.1 Å². The molecule has 170 valence electrons. The van der Waals surface area contributed by atoms with Gasteiger partial charge < -0.3 is 20.7 Å². The van der Waals surface area contributed by atoms with E-state index < -0.39 is 0 Å². The number of hydrogen-bond acceptors (Lipinski definition) is 7. The van der Waals surface area contributed by atoms with Crippen LogP contribution >= 0.6 is 0 Å². The number of hydrogen-bond donors (Lipinski definition) is 2. The third kappa shape index (κ3) is 3.49. The van der Waals surface area contributed by atoms with E-state index in [9.17, 15) is 4.39 Å². The molecule has 8 heteroatoms. The van der Waals surface area contributed by atoms with Gasteiger partial charge in [-0.25, -0.2) is 4.39 Å². The Balaban J connectivity index is 1.44. The van der Waals surface area contributed by atoms with E-state index in [-0.39, 0.29) is 17.4 Å². The molecule has 33 heavy (non-hydrogen) atoms. The lowest BCUT2D eigenvalue weighted by atomic mass is 9.97. The molecule has 6 rings (SSSR count). The summed E-state index contributed by atoms with van der Waals surface area (Å²) < 4.78 is 20.5. The summed E-state index contributed by atoms with van der Waals surface area (Å²) in [5.74, 6) is 1.55. The molecule has 7 nitrogen and oxygen atoms in total. The van der Waals surface area contributed by atoms with Gasteiger partial charge in [0.15, 0.2) is 0 Å². The highest BCUT2D eigenvalue weighted by molar-refractivity contribution is 5.88. The monoisotopic (exact) mass is 446 g/mol. The number of fused-ring (bicyclic) bond motifs is 3. The molecular weight excluding hydrogens is 419 g/mol. The molecule has 1 aliphatic heterocycles. The Labute approximate surface area is 192 Å². The fourth-order valence-corrected chi connectivity index (χ4v) is 5.19. The summed E-state index contributed by atoms with van der Waals surface area (Å²) in [6, 6.07) is 7.16. The van der Waals surface area contributed by atoms with Crippen molar-refractivity contribution in [3.8, 4) is 22.9 Å². The second-order valence-electron chi connectivity index (χ2n) is 9.46. The molecule has 3 heterocycles. The molecule has 1 saturated carbocycles. The first kappa shape index (κ1) is 20.4. The highest BCUT2D eigenvalue weighted by Gasteiger charge is 2.48. The molecule has 1 saturated heterocycles. The van der Waals surface area contributed by atoms with Crippen LogP contribution in [0, 0.1) is 18.7 Å². The molecule has 3 N–H and O–H groups in total. The Morgan fingerprint density at radius 3 is 2.82 bits per heavy atom. The lowest BCUT2D eigenvalue weighted by molar-refractivity contribution is 0.436. The van der Waals surface area contributed by atoms with Crippen molar-refractivity contribution in [2.75, 3.05) is 30.4 Å². The molecule has 2 aliphatic carbocycles. The zero-order valence-corrected chi connectivity index (χ0v) is 18.9. The van der Waals surface area contributed by atoms with Gasteiger partial charge in [0.05, 0.1) is 11.9 Å². The van der Waals surface area contributed by atoms with Crippen molar-refractivity contribution in [2.24, 2.45) is 11.7 Å². The largest absolute Gasteiger partial charge is 0.423 e. The Morgan fingerprint density at radius 1 is 1.24 bits per heavy atom. The predicted octanol–water partition coefficient (Wildman–Crippen LogP) is 4.04. The minimum Gasteiger partial charge on any atom is -0.423 e. The molecule has 2 fully saturated rings. The van der Waals surface area contributed by atoms with Crippen LogP contribution in [0.5, 0.6) is 11.8 Å². The van der Waals surface area contributed by atoms with Crippen LogP contribution < -0.4 is 20.7 Å². The quantitative estimate of drug-likeness (QED) is 0.478. The van der Waals surface area contributed by atoms with Crippen molar-refractivity contribution in [1.82, 2.24) is 15.0 Å². The minimum absolute atomic E-state index is 0.0405. The maximum atomic E-state index is 14.5. The lowest BCUT2D eigenvalue weighted by Gasteiger charge is -2.23. The van der Waals surface area contributed by atoms with Gasteiger partial charge in [-0.05, 0) is 67.5 Å². The van der Waals surface area contributed by atoms with Crippen molar-refractivity contribution >= 4 is 11.5 Å². The summed E-state index contributed by atoms with van der Waals surface area (Å²) in [7, 11) is 1.81. The summed E-state index contributed by atoms with van der Waals surface area (Å²) in [5.41, 5.74) is 11.8. The summed E-state index contributed by atoms with van der Waals surface area (Å²) in [5, 5.41) is 3.13. The smallest absolute Gasteiger partial charge is 0.324 e. The van der Waals surface area contributed by atoms with E-state index in [1.807, 2.05) is 26.1 Å². The topological polar surface area (TPSA) is 89.2 Å². The third-order valence-electron chi connectivity index (χ3n) is 7.26. The second-order valence-corrected chi connectivity index (χ2v) is 9.46. The zero-order valence-electron chi connectivity index (χ0n) is 18.9. The van der Waals surface area contributed by atoms with Gasteiger partial charge in [0, 0.05) is 49.0 Å². The van der Waals surface area contributed by atoms with Crippen LogP contribution in [0.4, 0.5) is 15.9 Å². The molecule has 3 aromatic rings. The maximum Gasteiger partial charge on any atom is 0.324 e. The number of nitrogens with zero attached hydrogens (tertiary/aromatic N) is 4. The van der Waals surface area contributed by atoms with Crippen molar-refractivity contribution in [1.29, 1.82) is 0 Å². The van der Waals surface area contributed by atoms with Crippen LogP contribution in [-0.2, 0) is 6.42 Å². The van der Waals surface area contributed by atoms with Gasteiger partial charge in [-0.1, -0.05) is 0 Å². The van der Waals surface area contributed by atoms with E-state index in [2.05, 4.69) is 15.2 Å². The van der Waals surface area contributed by atoms with Gasteiger partial charge in [-0.2, -0.15) is 9.97 Å². The summed E-state index contributed by atoms with van der Waals surface area (Å²) in [6.07, 6.45) is 5.47. The summed E-state index contributed by atoms with van der Waals surface area (Å²) >= 11 is 0. The first-order valence-electron chi connectivity index (χ1n) is 11.5. The van der Waals surface area contributed by atoms with Crippen molar-refractivity contribution < 1.29 is 9.13 Å². The standard InChI is InChI=1S/C25H27FN6O/c1-14-3-4-17(12-29-14)33-24-30-21-11-18-19(9-16(26)10-20(18)28-2)22(21)23(31-24)32-8-5-15(13-32)25(27)6-7-25/h3-4,9-10,12,15,28H,5-8,11,13,27H2,1-2H3. The number of rotatable bonds is 5. The number of nitrogens with two attached hydrogens (primary N) is 1. The number of anilines is 2. The third-order valence-corrected chi connectivity index (χ3v) is 7.26. The van der Waals surface area contributed by atoms with Crippen molar-refractivity contribution in [2.45, 2.75) is 38.1 Å². The number of nitrogens with one attached hydrogen (secondary N) is 1. The second kappa shape index (κ2) is 7.38. The summed E-state index contributed by atoms with van der Waals surface area (Å²) in [4.78, 5) is 16.2. The molecule has 0 amide bonds. The molecule has 3 aliphatic rings. The minimum atomic E-state index is -0.277. The van der Waals surface area contributed by atoms with Crippen LogP contribution in [0.3, 0.4) is 0 Å². The van der Waals surface area contributed by atoms with Gasteiger partial charge >= 0.3 is 6.01 Å². The van der Waals surface area contributed by atoms with E-state index in [0.29, 0.717) is 18.1 Å². The van der Waals surface area contributed by atoms with Gasteiger partial charge in [0.2, 0.25) is 0 Å². The average molecular weight is 447 g/mol. The van der Waals surface area contributed by atoms with Gasteiger partial charge in [-0.3, -0.25) is 4.98 Å². The molecule has 0 spiro atoms. The van der Waals surface area contributed by atoms with Crippen LogP contribution in [0.1, 0.15) is 36.2 Å². The molecule has 1 atom stereocenters. The van der Waals surface area contributed by atoms with Gasteiger partial charge in [0.25, 0.3) is 0 Å². The van der Waals surface area contributed by atoms with E-state index in [4.69, 9.17) is 20.4 Å². The number of benzene rings is 1. The Hall–Kier alpha value is -3.26. The highest BCUT2D eigenvalue weighted by Crippen LogP contribution is 2.48. The first-order valence-corrected chi connectivity index (χ1v) is 11.5. The lowest BCUT2D eigenvalue weighted by Crippen LogP contribution is -2.34. The molecule has 0 radical (unpaired) electrons. The maximum absolute atomic E-state index is 14.5. The first-order chi connectivity index (χ1) is 15.9. The Morgan fingerprint density at radius 2 is 2.09 bits per heavy atom. The van der Waals surface area contributed by atoms with Crippen LogP contribution in [-0.4, -0.2) is 40.6 Å². The zero-order chi connectivity index (χ0) is 22.7. The summed E-state index contributed by atoms with van der Waals surface area (Å²) in [6.45, 7) is 3.63. The van der Waals surface area contributed by atoms with Crippen LogP contribution in [0.15, 0.2) is 30.5 Å². The number of aromatic nitrogens is 3. The van der Waals surface area contributed by atoms with Gasteiger partial charge in [0.1, 0.15) is 17.4 Å². The molecule has 1 aromatic carbocycles. The molecule has 0 bridgehead atoms. The van der Waals surface area contributed by atoms with Crippen molar-refractivity contribution in [3.05, 3.63) is 53.2 Å². The fraction of sp³-hybridized carbons (Fsp3) is 0.400. The Kier molecular flexibility index (Phi) is 4.55. The number of halogens is 1. The molecule has 2 aromatic heterocycles. The van der Waals surface area contributed by atoms with Gasteiger partial charge in [-0.15, -0.1) is 0 Å². The Bertz CT molecular complexity index is 1240. The number of ether oxygens (including phenoxy) is 1. The van der Waals surface area contributed by atoms with Crippen LogP contribution in [0.2, 0.25) is 0 Å². The van der Waals surface area contributed by atoms with E-state index in [1.165, 1.54) is 6.07 Å². The van der Waals surface area contributed by atoms with Crippen molar-refractivity contribution in [3.63, 3.8) is 0 Å². The fourth-order valence-electron chi connectivity index (χ4n) is 5.19. The molecule has 1 unspecified atom stereocenters. The van der Waals surface area contributed by atoms with E-state index in [1.54, 1.807) is 12.3 Å². The number of pyridine rings is 1. The predicted molar refractivity (Wildman–Crippen MR) is 125 cm³/mol. The normalized spacial score (nSPS) is 19.9. The van der Waals surface area contributed by atoms with E-state index >= 15 is 0 Å². The SMILES string of the molecule is CNc1cc(F)cc2c1Cc1nc(Oc3ccc(C)nc3)nc(N3CCC(C4(N)CC4)C3)c1-2.